The minimum absolute atomic E-state index is 0.0515. The molecule has 2 aliphatic rings. The molecular formula is C25H24F4N6O2. The monoisotopic (exact) mass is 516 g/mol. The van der Waals surface area contributed by atoms with Crippen LogP contribution < -0.4 is 10.1 Å². The van der Waals surface area contributed by atoms with Crippen molar-refractivity contribution in [2.75, 3.05) is 31.6 Å². The third-order valence-electron chi connectivity index (χ3n) is 7.05. The topological polar surface area (TPSA) is 76.8 Å². The maximum Gasteiger partial charge on any atom is 0.574 e. The van der Waals surface area contributed by atoms with Gasteiger partial charge in [-0.05, 0) is 43.2 Å². The van der Waals surface area contributed by atoms with Crippen molar-refractivity contribution < 1.29 is 27.0 Å². The molecule has 0 spiro atoms. The van der Waals surface area contributed by atoms with Crippen molar-refractivity contribution in [2.45, 2.75) is 37.5 Å². The number of benzene rings is 1. The predicted octanol–water partition coefficient (Wildman–Crippen LogP) is 4.46. The Kier molecular flexibility index (Phi) is 5.68. The van der Waals surface area contributed by atoms with Gasteiger partial charge >= 0.3 is 6.36 Å². The number of pyridine rings is 1. The molecule has 2 aliphatic heterocycles. The Morgan fingerprint density at radius 1 is 1.19 bits per heavy atom. The number of piperidine rings is 1. The first-order valence-corrected chi connectivity index (χ1v) is 11.9. The molecule has 0 unspecified atom stereocenters. The number of fused-ring (bicyclic) bond motifs is 2. The van der Waals surface area contributed by atoms with Gasteiger partial charge in [-0.1, -0.05) is 12.1 Å². The number of alkyl halides is 4. The second-order valence-electron chi connectivity index (χ2n) is 9.71. The first-order chi connectivity index (χ1) is 17.7. The number of aromatic nitrogens is 4. The van der Waals surface area contributed by atoms with Gasteiger partial charge in [0.1, 0.15) is 11.7 Å². The quantitative estimate of drug-likeness (QED) is 0.393. The van der Waals surface area contributed by atoms with Crippen LogP contribution in [0.1, 0.15) is 13.3 Å². The molecule has 5 heterocycles. The Labute approximate surface area is 209 Å². The van der Waals surface area contributed by atoms with Gasteiger partial charge in [-0.2, -0.15) is 4.98 Å². The number of hydrogen-bond donors (Lipinski definition) is 1. The van der Waals surface area contributed by atoms with E-state index in [1.165, 1.54) is 10.7 Å². The van der Waals surface area contributed by atoms with Crippen LogP contribution in [0.15, 0.2) is 48.8 Å². The molecule has 1 N–H and O–H groups in total. The SMILES string of the molecule is CC1(N2CC[C@H](Nc3nc(OC(F)(F)F)c4c(-c5ccc6ncccc6c5)ccn4n3)[C@H](F)C2)COC1. The highest BCUT2D eigenvalue weighted by Gasteiger charge is 2.44. The summed E-state index contributed by atoms with van der Waals surface area (Å²) in [5, 5.41) is 8.06. The summed E-state index contributed by atoms with van der Waals surface area (Å²) in [5.41, 5.74) is 1.75. The molecule has 0 bridgehead atoms. The summed E-state index contributed by atoms with van der Waals surface area (Å²) in [6.45, 7) is 3.95. The zero-order valence-electron chi connectivity index (χ0n) is 19.9. The van der Waals surface area contributed by atoms with Crippen LogP contribution in [0.25, 0.3) is 27.5 Å². The Morgan fingerprint density at radius 2 is 2.03 bits per heavy atom. The van der Waals surface area contributed by atoms with E-state index in [9.17, 15) is 13.2 Å². The summed E-state index contributed by atoms with van der Waals surface area (Å²) in [7, 11) is 0. The molecule has 8 nitrogen and oxygen atoms in total. The molecule has 194 valence electrons. The normalized spacial score (nSPS) is 22.2. The van der Waals surface area contributed by atoms with E-state index in [0.29, 0.717) is 37.3 Å². The van der Waals surface area contributed by atoms with E-state index >= 15 is 4.39 Å². The summed E-state index contributed by atoms with van der Waals surface area (Å²) >= 11 is 0. The minimum Gasteiger partial charge on any atom is -0.385 e. The average Bonchev–Trinajstić information content (AvgIpc) is 3.27. The molecule has 2 saturated heterocycles. The molecule has 2 atom stereocenters. The van der Waals surface area contributed by atoms with Crippen LogP contribution in [0.5, 0.6) is 5.88 Å². The smallest absolute Gasteiger partial charge is 0.385 e. The highest BCUT2D eigenvalue weighted by Crippen LogP contribution is 2.36. The fraction of sp³-hybridized carbons (Fsp3) is 0.400. The van der Waals surface area contributed by atoms with Crippen LogP contribution in [0.4, 0.5) is 23.5 Å². The lowest BCUT2D eigenvalue weighted by molar-refractivity contribution is -0.275. The van der Waals surface area contributed by atoms with Crippen LogP contribution in [0, 0.1) is 0 Å². The lowest BCUT2D eigenvalue weighted by Gasteiger charge is -2.50. The summed E-state index contributed by atoms with van der Waals surface area (Å²) in [6, 6.07) is 10.0. The van der Waals surface area contributed by atoms with E-state index in [1.54, 1.807) is 30.5 Å². The van der Waals surface area contributed by atoms with Gasteiger partial charge in [0.2, 0.25) is 5.95 Å². The van der Waals surface area contributed by atoms with Gasteiger partial charge in [0.15, 0.2) is 0 Å². The van der Waals surface area contributed by atoms with Gasteiger partial charge in [-0.25, -0.2) is 8.91 Å². The zero-order valence-corrected chi connectivity index (χ0v) is 19.9. The van der Waals surface area contributed by atoms with E-state index in [1.807, 2.05) is 19.1 Å². The number of nitrogens with one attached hydrogen (secondary N) is 1. The Morgan fingerprint density at radius 3 is 2.76 bits per heavy atom. The van der Waals surface area contributed by atoms with Gasteiger partial charge in [-0.3, -0.25) is 9.88 Å². The van der Waals surface area contributed by atoms with Crippen LogP contribution in [-0.2, 0) is 4.74 Å². The summed E-state index contributed by atoms with van der Waals surface area (Å²) in [6.07, 6.45) is -2.60. The maximum absolute atomic E-state index is 15.1. The molecule has 4 aromatic rings. The molecule has 0 aliphatic carbocycles. The van der Waals surface area contributed by atoms with Crippen LogP contribution >= 0.6 is 0 Å². The van der Waals surface area contributed by atoms with Crippen molar-refractivity contribution in [1.29, 1.82) is 0 Å². The lowest BCUT2D eigenvalue weighted by Crippen LogP contribution is -2.64. The average molecular weight is 516 g/mol. The third kappa shape index (κ3) is 4.55. The summed E-state index contributed by atoms with van der Waals surface area (Å²) in [4.78, 5) is 10.4. The van der Waals surface area contributed by atoms with Crippen molar-refractivity contribution in [1.82, 2.24) is 24.5 Å². The van der Waals surface area contributed by atoms with E-state index in [-0.39, 0.29) is 23.5 Å². The van der Waals surface area contributed by atoms with Gasteiger partial charge in [0, 0.05) is 36.4 Å². The molecular weight excluding hydrogens is 492 g/mol. The van der Waals surface area contributed by atoms with Crippen molar-refractivity contribution >= 4 is 22.4 Å². The molecule has 0 radical (unpaired) electrons. The molecule has 0 saturated carbocycles. The summed E-state index contributed by atoms with van der Waals surface area (Å²) in [5.74, 6) is -0.806. The number of ether oxygens (including phenoxy) is 2. The number of nitrogens with zero attached hydrogens (tertiary/aromatic N) is 5. The van der Waals surface area contributed by atoms with Gasteiger partial charge in [0.25, 0.3) is 5.88 Å². The van der Waals surface area contributed by atoms with Crippen molar-refractivity contribution in [3.05, 3.63) is 48.8 Å². The van der Waals surface area contributed by atoms with Gasteiger partial charge in [0.05, 0.1) is 30.3 Å². The molecule has 37 heavy (non-hydrogen) atoms. The Hall–Kier alpha value is -3.51. The van der Waals surface area contributed by atoms with Crippen molar-refractivity contribution in [2.24, 2.45) is 0 Å². The summed E-state index contributed by atoms with van der Waals surface area (Å²) < 4.78 is 66.1. The van der Waals surface area contributed by atoms with E-state index in [4.69, 9.17) is 4.74 Å². The fourth-order valence-electron chi connectivity index (χ4n) is 5.01. The number of halogens is 4. The molecule has 2 fully saturated rings. The van der Waals surface area contributed by atoms with Crippen molar-refractivity contribution in [3.8, 4) is 17.0 Å². The van der Waals surface area contributed by atoms with Gasteiger partial charge < -0.3 is 14.8 Å². The number of anilines is 1. The largest absolute Gasteiger partial charge is 0.574 e. The second kappa shape index (κ2) is 8.80. The maximum atomic E-state index is 15.1. The zero-order chi connectivity index (χ0) is 25.8. The molecule has 0 amide bonds. The van der Waals surface area contributed by atoms with Crippen molar-refractivity contribution in [3.63, 3.8) is 0 Å². The van der Waals surface area contributed by atoms with Gasteiger partial charge in [-0.15, -0.1) is 18.3 Å². The van der Waals surface area contributed by atoms with Crippen LogP contribution in [-0.4, -0.2) is 74.9 Å². The standard InChI is InChI=1S/C25H24F4N6O2/c1-24(13-36-14-24)34-9-7-20(18(26)12-34)31-23-32-22(37-25(27,28)29)21-17(6-10-35(21)33-23)15-4-5-19-16(11-15)3-2-8-30-19/h2-6,8,10-11,18,20H,7,9,12-14H2,1H3,(H,31,33)/t18-,20+/m1/s1. The fourth-order valence-corrected chi connectivity index (χ4v) is 5.01. The minimum atomic E-state index is -4.98. The third-order valence-corrected chi connectivity index (χ3v) is 7.05. The van der Waals surface area contributed by atoms with E-state index < -0.39 is 24.5 Å². The first kappa shape index (κ1) is 23.9. The number of likely N-dealkylation sites (tertiary alicyclic amines) is 1. The van der Waals surface area contributed by atoms with Crippen LogP contribution in [0.3, 0.4) is 0 Å². The Bertz CT molecular complexity index is 1450. The lowest BCUT2D eigenvalue weighted by atomic mass is 9.92. The first-order valence-electron chi connectivity index (χ1n) is 11.9. The number of hydrogen-bond acceptors (Lipinski definition) is 7. The second-order valence-corrected chi connectivity index (χ2v) is 9.71. The highest BCUT2D eigenvalue weighted by molar-refractivity contribution is 5.90. The van der Waals surface area contributed by atoms with E-state index in [2.05, 4.69) is 30.0 Å². The molecule has 6 rings (SSSR count). The molecule has 12 heteroatoms. The highest BCUT2D eigenvalue weighted by atomic mass is 19.4. The van der Waals surface area contributed by atoms with E-state index in [0.717, 1.165) is 10.9 Å². The van der Waals surface area contributed by atoms with Crippen LogP contribution in [0.2, 0.25) is 0 Å². The Balaban J connectivity index is 1.32. The number of rotatable bonds is 5. The molecule has 3 aromatic heterocycles. The predicted molar refractivity (Wildman–Crippen MR) is 128 cm³/mol. The molecule has 1 aromatic carbocycles.